The summed E-state index contributed by atoms with van der Waals surface area (Å²) in [4.78, 5) is 3.12. The largest absolute Gasteiger partial charge is 0.349 e. The van der Waals surface area contributed by atoms with E-state index in [1.807, 2.05) is 13.0 Å². The summed E-state index contributed by atoms with van der Waals surface area (Å²) in [5.41, 5.74) is 2.83. The van der Waals surface area contributed by atoms with Gasteiger partial charge in [-0.2, -0.15) is 5.26 Å². The maximum atomic E-state index is 8.96. The van der Waals surface area contributed by atoms with E-state index in [0.29, 0.717) is 5.92 Å². The van der Waals surface area contributed by atoms with E-state index in [1.54, 1.807) is 0 Å². The number of rotatable bonds is 1. The molecule has 0 atom stereocenters. The van der Waals surface area contributed by atoms with Crippen LogP contribution < -0.4 is 0 Å². The molecule has 1 heterocycles. The van der Waals surface area contributed by atoms with Crippen molar-refractivity contribution in [3.05, 3.63) is 27.5 Å². The molecule has 0 bridgehead atoms. The average molecular weight is 190 g/mol. The predicted molar refractivity (Wildman–Crippen MR) is 53.1 cm³/mol. The van der Waals surface area contributed by atoms with Gasteiger partial charge in [0.2, 0.25) is 0 Å². The summed E-state index contributed by atoms with van der Waals surface area (Å²) in [5.74, 6) is 0.552. The number of aromatic amines is 1. The van der Waals surface area contributed by atoms with Gasteiger partial charge in [0, 0.05) is 11.6 Å². The Morgan fingerprint density at radius 2 is 2.31 bits per heavy atom. The molecule has 2 nitrogen and oxygen atoms in total. The lowest BCUT2D eigenvalue weighted by atomic mass is 10.1. The van der Waals surface area contributed by atoms with E-state index < -0.39 is 0 Å². The first-order valence-electron chi connectivity index (χ1n) is 4.36. The fourth-order valence-electron chi connectivity index (χ4n) is 1.54. The van der Waals surface area contributed by atoms with Crippen LogP contribution in [0, 0.1) is 22.9 Å². The van der Waals surface area contributed by atoms with Gasteiger partial charge in [0.15, 0.2) is 0 Å². The van der Waals surface area contributed by atoms with Gasteiger partial charge >= 0.3 is 0 Å². The Labute approximate surface area is 82.2 Å². The summed E-state index contributed by atoms with van der Waals surface area (Å²) in [6.07, 6.45) is 2.37. The molecule has 1 N–H and O–H groups in total. The van der Waals surface area contributed by atoms with Gasteiger partial charge in [0.05, 0.1) is 5.56 Å². The first-order valence-corrected chi connectivity index (χ1v) is 4.77. The van der Waals surface area contributed by atoms with Crippen LogP contribution in [0.5, 0.6) is 0 Å². The van der Waals surface area contributed by atoms with Crippen LogP contribution in [0.1, 0.15) is 35.6 Å². The minimum atomic E-state index is 0.552. The minimum Gasteiger partial charge on any atom is -0.349 e. The molecular weight excluding hydrogens is 180 g/mol. The minimum absolute atomic E-state index is 0.552. The van der Waals surface area contributed by atoms with Crippen molar-refractivity contribution in [3.63, 3.8) is 0 Å². The zero-order chi connectivity index (χ0) is 9.42. The number of nitriles is 1. The molecule has 0 spiro atoms. The highest BCUT2D eigenvalue weighted by Gasteiger charge is 2.27. The molecule has 0 aliphatic heterocycles. The summed E-state index contributed by atoms with van der Waals surface area (Å²) in [6, 6.07) is 4.08. The van der Waals surface area contributed by atoms with Crippen molar-refractivity contribution in [3.8, 4) is 6.07 Å². The van der Waals surface area contributed by atoms with E-state index in [-0.39, 0.29) is 0 Å². The topological polar surface area (TPSA) is 39.6 Å². The number of aromatic nitrogens is 1. The van der Waals surface area contributed by atoms with Crippen LogP contribution in [0.25, 0.3) is 0 Å². The van der Waals surface area contributed by atoms with Crippen LogP contribution in [-0.4, -0.2) is 4.98 Å². The molecule has 66 valence electrons. The Morgan fingerprint density at radius 1 is 1.62 bits per heavy atom. The van der Waals surface area contributed by atoms with E-state index in [1.165, 1.54) is 12.8 Å². The Morgan fingerprint density at radius 3 is 2.85 bits per heavy atom. The monoisotopic (exact) mass is 190 g/mol. The van der Waals surface area contributed by atoms with Crippen molar-refractivity contribution >= 4 is 12.2 Å². The van der Waals surface area contributed by atoms with Gasteiger partial charge in [-0.15, -0.1) is 0 Å². The van der Waals surface area contributed by atoms with E-state index in [4.69, 9.17) is 17.5 Å². The third kappa shape index (κ3) is 1.50. The van der Waals surface area contributed by atoms with Crippen LogP contribution in [-0.2, 0) is 0 Å². The average Bonchev–Trinajstić information content (AvgIpc) is 2.85. The van der Waals surface area contributed by atoms with E-state index >= 15 is 0 Å². The molecule has 1 aliphatic carbocycles. The highest BCUT2D eigenvalue weighted by atomic mass is 32.1. The van der Waals surface area contributed by atoms with Crippen molar-refractivity contribution in [1.29, 1.82) is 5.26 Å². The van der Waals surface area contributed by atoms with Gasteiger partial charge < -0.3 is 4.98 Å². The molecule has 0 unspecified atom stereocenters. The lowest BCUT2D eigenvalue weighted by Crippen LogP contribution is -1.95. The summed E-state index contributed by atoms with van der Waals surface area (Å²) >= 11 is 5.08. The van der Waals surface area contributed by atoms with Crippen molar-refractivity contribution in [2.24, 2.45) is 0 Å². The highest BCUT2D eigenvalue weighted by Crippen LogP contribution is 2.40. The van der Waals surface area contributed by atoms with E-state index in [0.717, 1.165) is 21.5 Å². The number of pyridine rings is 1. The van der Waals surface area contributed by atoms with Crippen molar-refractivity contribution < 1.29 is 0 Å². The molecule has 1 aliphatic rings. The molecule has 13 heavy (non-hydrogen) atoms. The molecule has 1 saturated carbocycles. The molecule has 3 heteroatoms. The number of H-pyrrole nitrogens is 1. The van der Waals surface area contributed by atoms with Crippen molar-refractivity contribution in [2.45, 2.75) is 25.7 Å². The van der Waals surface area contributed by atoms with Crippen molar-refractivity contribution in [2.75, 3.05) is 0 Å². The molecule has 0 saturated heterocycles. The van der Waals surface area contributed by atoms with Crippen LogP contribution in [0.15, 0.2) is 6.07 Å². The number of hydrogen-bond acceptors (Lipinski definition) is 2. The fourth-order valence-corrected chi connectivity index (χ4v) is 1.83. The first-order chi connectivity index (χ1) is 6.22. The Kier molecular flexibility index (Phi) is 1.93. The normalized spacial score (nSPS) is 15.4. The Balaban J connectivity index is 2.65. The number of nitrogens with zero attached hydrogens (tertiary/aromatic N) is 1. The molecule has 0 aromatic carbocycles. The molecule has 0 amide bonds. The van der Waals surface area contributed by atoms with Crippen LogP contribution in [0.2, 0.25) is 0 Å². The molecule has 0 radical (unpaired) electrons. The van der Waals surface area contributed by atoms with Gasteiger partial charge in [0.1, 0.15) is 10.7 Å². The Bertz CT molecular complexity index is 435. The van der Waals surface area contributed by atoms with Crippen LogP contribution in [0.4, 0.5) is 0 Å². The van der Waals surface area contributed by atoms with Crippen LogP contribution in [0.3, 0.4) is 0 Å². The van der Waals surface area contributed by atoms with Gasteiger partial charge in [-0.05, 0) is 31.4 Å². The SMILES string of the molecule is Cc1cc(=S)[nH]c(C2CC2)c1C#N. The van der Waals surface area contributed by atoms with Gasteiger partial charge in [-0.1, -0.05) is 12.2 Å². The zero-order valence-electron chi connectivity index (χ0n) is 7.42. The maximum absolute atomic E-state index is 8.96. The third-order valence-electron chi connectivity index (χ3n) is 2.37. The number of aryl methyl sites for hydroxylation is 1. The maximum Gasteiger partial charge on any atom is 0.103 e. The van der Waals surface area contributed by atoms with Gasteiger partial charge in [-0.25, -0.2) is 0 Å². The summed E-state index contributed by atoms with van der Waals surface area (Å²) in [5, 5.41) is 8.96. The summed E-state index contributed by atoms with van der Waals surface area (Å²) in [6.45, 7) is 1.94. The molecule has 1 aromatic heterocycles. The standard InChI is InChI=1S/C10H10N2S/c1-6-4-9(13)12-10(7-2-3-7)8(6)5-11/h4,7H,2-3H2,1H3,(H,12,13). The zero-order valence-corrected chi connectivity index (χ0v) is 8.24. The van der Waals surface area contributed by atoms with Gasteiger partial charge in [-0.3, -0.25) is 0 Å². The second-order valence-corrected chi connectivity index (χ2v) is 3.93. The molecular formula is C10H10N2S. The third-order valence-corrected chi connectivity index (χ3v) is 2.59. The highest BCUT2D eigenvalue weighted by molar-refractivity contribution is 7.71. The molecule has 1 aromatic rings. The van der Waals surface area contributed by atoms with Crippen LogP contribution >= 0.6 is 12.2 Å². The predicted octanol–water partition coefficient (Wildman–Crippen LogP) is 2.80. The fraction of sp³-hybridized carbons (Fsp3) is 0.400. The second-order valence-electron chi connectivity index (χ2n) is 3.49. The lowest BCUT2D eigenvalue weighted by Gasteiger charge is -2.04. The molecule has 2 rings (SSSR count). The summed E-state index contributed by atoms with van der Waals surface area (Å²) in [7, 11) is 0. The second kappa shape index (κ2) is 2.97. The number of nitrogens with one attached hydrogen (secondary N) is 1. The van der Waals surface area contributed by atoms with Crippen molar-refractivity contribution in [1.82, 2.24) is 4.98 Å². The Hall–Kier alpha value is -1.14. The van der Waals surface area contributed by atoms with Gasteiger partial charge in [0.25, 0.3) is 0 Å². The summed E-state index contributed by atoms with van der Waals surface area (Å²) < 4.78 is 0.735. The quantitative estimate of drug-likeness (QED) is 0.692. The smallest absolute Gasteiger partial charge is 0.103 e. The first kappa shape index (κ1) is 8.46. The number of hydrogen-bond donors (Lipinski definition) is 1. The van der Waals surface area contributed by atoms with E-state index in [9.17, 15) is 0 Å². The molecule has 1 fully saturated rings. The lowest BCUT2D eigenvalue weighted by molar-refractivity contribution is 0.994. The van der Waals surface area contributed by atoms with E-state index in [2.05, 4.69) is 11.1 Å².